The first-order valence-electron chi connectivity index (χ1n) is 15.4. The molecule has 0 aliphatic heterocycles. The van der Waals surface area contributed by atoms with Crippen molar-refractivity contribution in [1.29, 1.82) is 0 Å². The summed E-state index contributed by atoms with van der Waals surface area (Å²) in [6.45, 7) is 0. The summed E-state index contributed by atoms with van der Waals surface area (Å²) in [7, 11) is 0. The highest BCUT2D eigenvalue weighted by Gasteiger charge is 2.19. The quantitative estimate of drug-likeness (QED) is 0.204. The van der Waals surface area contributed by atoms with E-state index in [1.165, 1.54) is 31.3 Å². The van der Waals surface area contributed by atoms with Gasteiger partial charge in [0.05, 0.1) is 5.69 Å². The molecule has 0 fully saturated rings. The second kappa shape index (κ2) is 11.0. The Morgan fingerprint density at radius 2 is 1.15 bits per heavy atom. The Kier molecular flexibility index (Phi) is 6.32. The third kappa shape index (κ3) is 4.59. The lowest BCUT2D eigenvalue weighted by Gasteiger charge is -2.26. The minimum absolute atomic E-state index is 0.865. The van der Waals surface area contributed by atoms with Gasteiger partial charge in [0.15, 0.2) is 5.58 Å². The molecule has 218 valence electrons. The summed E-state index contributed by atoms with van der Waals surface area (Å²) in [6.07, 6.45) is 0. The lowest BCUT2D eigenvalue weighted by molar-refractivity contribution is 0.669. The fourth-order valence-electron chi connectivity index (χ4n) is 6.46. The third-order valence-electron chi connectivity index (χ3n) is 8.63. The number of nitrogens with zero attached hydrogens (tertiary/aromatic N) is 1. The van der Waals surface area contributed by atoms with Gasteiger partial charge >= 0.3 is 0 Å². The maximum Gasteiger partial charge on any atom is 0.159 e. The van der Waals surface area contributed by atoms with Crippen LogP contribution in [0.4, 0.5) is 28.4 Å². The molecule has 3 nitrogen and oxygen atoms in total. The van der Waals surface area contributed by atoms with Gasteiger partial charge in [-0.2, -0.15) is 0 Å². The van der Waals surface area contributed by atoms with Gasteiger partial charge in [-0.15, -0.1) is 11.3 Å². The maximum atomic E-state index is 6.54. The van der Waals surface area contributed by atoms with Crippen LogP contribution in [0, 0.1) is 0 Å². The lowest BCUT2D eigenvalue weighted by Crippen LogP contribution is -2.10. The average molecular weight is 609 g/mol. The van der Waals surface area contributed by atoms with E-state index in [0.717, 1.165) is 50.4 Å². The van der Waals surface area contributed by atoms with Crippen molar-refractivity contribution in [2.75, 3.05) is 10.2 Å². The van der Waals surface area contributed by atoms with Crippen molar-refractivity contribution >= 4 is 81.9 Å². The molecule has 0 unspecified atom stereocenters. The Morgan fingerprint density at radius 3 is 2.04 bits per heavy atom. The van der Waals surface area contributed by atoms with Crippen LogP contribution in [0.25, 0.3) is 53.2 Å². The molecule has 4 heteroatoms. The van der Waals surface area contributed by atoms with Gasteiger partial charge in [0.2, 0.25) is 0 Å². The highest BCUT2D eigenvalue weighted by atomic mass is 32.1. The highest BCUT2D eigenvalue weighted by Crippen LogP contribution is 2.43. The molecule has 0 bridgehead atoms. The number of rotatable bonds is 6. The van der Waals surface area contributed by atoms with Crippen molar-refractivity contribution in [2.24, 2.45) is 0 Å². The molecular formula is C42H28N2OS. The van der Waals surface area contributed by atoms with Crippen LogP contribution in [0.2, 0.25) is 0 Å². The Labute approximate surface area is 270 Å². The molecule has 0 atom stereocenters. The number of nitrogens with one attached hydrogen (secondary N) is 1. The second-order valence-electron chi connectivity index (χ2n) is 11.5. The van der Waals surface area contributed by atoms with Crippen LogP contribution in [0.1, 0.15) is 0 Å². The van der Waals surface area contributed by atoms with Crippen molar-refractivity contribution in [3.8, 4) is 11.1 Å². The smallest absolute Gasteiger partial charge is 0.159 e. The molecule has 46 heavy (non-hydrogen) atoms. The maximum absolute atomic E-state index is 6.54. The van der Waals surface area contributed by atoms with E-state index in [-0.39, 0.29) is 0 Å². The molecule has 0 saturated carbocycles. The Hall–Kier alpha value is -5.84. The normalized spacial score (nSPS) is 11.5. The molecule has 9 aromatic rings. The first kappa shape index (κ1) is 26.6. The standard InChI is InChI=1S/C42H28N2OS/c1-2-10-28(11-3-1)29-20-23-32(24-21-29)44(38-17-9-16-37-34-14-4-6-18-39(34)45-42(37)38)33-13-8-12-30(26-33)43-31-22-25-36-35-15-5-7-19-40(35)46-41(36)27-31/h1-27,43H. The van der Waals surface area contributed by atoms with E-state index >= 15 is 0 Å². The molecular weight excluding hydrogens is 581 g/mol. The average Bonchev–Trinajstić information content (AvgIpc) is 3.68. The molecule has 0 radical (unpaired) electrons. The summed E-state index contributed by atoms with van der Waals surface area (Å²) in [5.41, 5.74) is 9.28. The van der Waals surface area contributed by atoms with Crippen LogP contribution in [-0.2, 0) is 0 Å². The number of para-hydroxylation sites is 2. The van der Waals surface area contributed by atoms with Crippen molar-refractivity contribution in [3.63, 3.8) is 0 Å². The molecule has 1 N–H and O–H groups in total. The Balaban J connectivity index is 1.15. The van der Waals surface area contributed by atoms with Gasteiger partial charge in [0, 0.05) is 53.7 Å². The van der Waals surface area contributed by atoms with Crippen molar-refractivity contribution in [2.45, 2.75) is 0 Å². The van der Waals surface area contributed by atoms with Crippen LogP contribution in [0.3, 0.4) is 0 Å². The molecule has 0 saturated heterocycles. The molecule has 2 heterocycles. The monoisotopic (exact) mass is 608 g/mol. The van der Waals surface area contributed by atoms with E-state index in [0.29, 0.717) is 0 Å². The first-order chi connectivity index (χ1) is 22.8. The zero-order valence-electron chi connectivity index (χ0n) is 24.9. The number of fused-ring (bicyclic) bond motifs is 6. The van der Waals surface area contributed by atoms with Gasteiger partial charge in [-0.3, -0.25) is 0 Å². The van der Waals surface area contributed by atoms with E-state index < -0.39 is 0 Å². The van der Waals surface area contributed by atoms with Crippen LogP contribution >= 0.6 is 11.3 Å². The van der Waals surface area contributed by atoms with Gasteiger partial charge < -0.3 is 14.6 Å². The number of thiophene rings is 1. The molecule has 0 aliphatic carbocycles. The SMILES string of the molecule is c1ccc(-c2ccc(N(c3cccc(Nc4ccc5c(c4)sc4ccccc45)c3)c3cccc4c3oc3ccccc34)cc2)cc1. The minimum atomic E-state index is 0.865. The number of anilines is 5. The van der Waals surface area contributed by atoms with E-state index in [4.69, 9.17) is 4.42 Å². The predicted molar refractivity (Wildman–Crippen MR) is 196 cm³/mol. The van der Waals surface area contributed by atoms with E-state index in [1.807, 2.05) is 23.5 Å². The number of hydrogen-bond acceptors (Lipinski definition) is 4. The highest BCUT2D eigenvalue weighted by molar-refractivity contribution is 7.25. The summed E-state index contributed by atoms with van der Waals surface area (Å²) in [4.78, 5) is 2.29. The van der Waals surface area contributed by atoms with Crippen molar-refractivity contribution in [1.82, 2.24) is 0 Å². The fraction of sp³-hybridized carbons (Fsp3) is 0. The van der Waals surface area contributed by atoms with Crippen LogP contribution in [-0.4, -0.2) is 0 Å². The topological polar surface area (TPSA) is 28.4 Å². The third-order valence-corrected chi connectivity index (χ3v) is 9.76. The summed E-state index contributed by atoms with van der Waals surface area (Å²) in [5, 5.41) is 8.51. The molecule has 0 aliphatic rings. The van der Waals surface area contributed by atoms with Gasteiger partial charge in [0.25, 0.3) is 0 Å². The van der Waals surface area contributed by atoms with Gasteiger partial charge in [-0.25, -0.2) is 0 Å². The molecule has 0 spiro atoms. The summed E-state index contributed by atoms with van der Waals surface area (Å²) in [6, 6.07) is 57.8. The summed E-state index contributed by atoms with van der Waals surface area (Å²) < 4.78 is 9.12. The zero-order valence-corrected chi connectivity index (χ0v) is 25.7. The fourth-order valence-corrected chi connectivity index (χ4v) is 7.61. The molecule has 0 amide bonds. The van der Waals surface area contributed by atoms with E-state index in [2.05, 4.69) is 162 Å². The van der Waals surface area contributed by atoms with Gasteiger partial charge in [-0.05, 0) is 71.8 Å². The van der Waals surface area contributed by atoms with Crippen LogP contribution < -0.4 is 10.2 Å². The van der Waals surface area contributed by atoms with Gasteiger partial charge in [0.1, 0.15) is 5.58 Å². The van der Waals surface area contributed by atoms with Gasteiger partial charge in [-0.1, -0.05) is 103 Å². The predicted octanol–water partition coefficient (Wildman–Crippen LogP) is 12.8. The number of benzene rings is 7. The first-order valence-corrected chi connectivity index (χ1v) is 16.2. The Morgan fingerprint density at radius 1 is 0.457 bits per heavy atom. The molecule has 7 aromatic carbocycles. The van der Waals surface area contributed by atoms with Crippen molar-refractivity contribution < 1.29 is 4.42 Å². The Bertz CT molecular complexity index is 2510. The van der Waals surface area contributed by atoms with Crippen LogP contribution in [0.5, 0.6) is 0 Å². The molecule has 9 rings (SSSR count). The number of furan rings is 1. The summed E-state index contributed by atoms with van der Waals surface area (Å²) in [5.74, 6) is 0. The largest absolute Gasteiger partial charge is 0.454 e. The zero-order chi connectivity index (χ0) is 30.5. The van der Waals surface area contributed by atoms with E-state index in [1.54, 1.807) is 0 Å². The minimum Gasteiger partial charge on any atom is -0.454 e. The van der Waals surface area contributed by atoms with E-state index in [9.17, 15) is 0 Å². The second-order valence-corrected chi connectivity index (χ2v) is 12.6. The number of hydrogen-bond donors (Lipinski definition) is 1. The lowest BCUT2D eigenvalue weighted by atomic mass is 10.0. The molecule has 2 aromatic heterocycles. The summed E-state index contributed by atoms with van der Waals surface area (Å²) >= 11 is 1.83. The van der Waals surface area contributed by atoms with Crippen molar-refractivity contribution in [3.05, 3.63) is 164 Å². The van der Waals surface area contributed by atoms with Crippen LogP contribution in [0.15, 0.2) is 168 Å².